The molecule has 0 aromatic rings. The van der Waals surface area contributed by atoms with E-state index in [2.05, 4.69) is 33.8 Å². The van der Waals surface area contributed by atoms with Crippen molar-refractivity contribution in [2.75, 3.05) is 0 Å². The number of allylic oxidation sites excluding steroid dienone is 4. The second-order valence-corrected chi connectivity index (χ2v) is 12.0. The second-order valence-electron chi connectivity index (χ2n) is 12.0. The molecule has 0 aromatic heterocycles. The van der Waals surface area contributed by atoms with Crippen molar-refractivity contribution >= 4 is 5.78 Å². The van der Waals surface area contributed by atoms with Crippen LogP contribution in [0.4, 0.5) is 0 Å². The predicted molar refractivity (Wildman–Crippen MR) is 120 cm³/mol. The van der Waals surface area contributed by atoms with Crippen LogP contribution in [0.15, 0.2) is 23.8 Å². The van der Waals surface area contributed by atoms with Crippen molar-refractivity contribution in [2.45, 2.75) is 97.1 Å². The SMILES string of the molecule is CC(C)C1CCC(C2(O)CCC3C4CCC5=CC(=O)C=CC5(C)C4CCC32C)C(O)O1. The molecule has 1 saturated heterocycles. The molecule has 4 aliphatic carbocycles. The van der Waals surface area contributed by atoms with Crippen molar-refractivity contribution in [3.63, 3.8) is 0 Å². The monoisotopic (exact) mass is 428 g/mol. The van der Waals surface area contributed by atoms with E-state index < -0.39 is 11.9 Å². The number of ketones is 1. The third-order valence-electron chi connectivity index (χ3n) is 10.5. The molecular weight excluding hydrogens is 388 g/mol. The molecule has 4 fully saturated rings. The summed E-state index contributed by atoms with van der Waals surface area (Å²) in [6, 6.07) is 0. The quantitative estimate of drug-likeness (QED) is 0.663. The fraction of sp³-hybridized carbons (Fsp3) is 0.815. The van der Waals surface area contributed by atoms with Crippen molar-refractivity contribution in [1.82, 2.24) is 0 Å². The third-order valence-corrected chi connectivity index (χ3v) is 10.5. The van der Waals surface area contributed by atoms with Crippen LogP contribution in [0.25, 0.3) is 0 Å². The van der Waals surface area contributed by atoms with Crippen LogP contribution in [-0.2, 0) is 9.53 Å². The smallest absolute Gasteiger partial charge is 0.178 e. The molecule has 1 aliphatic heterocycles. The molecule has 31 heavy (non-hydrogen) atoms. The minimum atomic E-state index is -0.870. The van der Waals surface area contributed by atoms with Gasteiger partial charge in [0.05, 0.1) is 11.7 Å². The van der Waals surface area contributed by atoms with Gasteiger partial charge in [0.1, 0.15) is 0 Å². The van der Waals surface area contributed by atoms with Crippen molar-refractivity contribution < 1.29 is 19.7 Å². The second kappa shape index (κ2) is 7.27. The Morgan fingerprint density at radius 1 is 1.03 bits per heavy atom. The largest absolute Gasteiger partial charge is 0.389 e. The molecule has 9 unspecified atom stereocenters. The highest BCUT2D eigenvalue weighted by Crippen LogP contribution is 2.68. The van der Waals surface area contributed by atoms with Crippen LogP contribution in [0.1, 0.15) is 79.1 Å². The number of hydrogen-bond donors (Lipinski definition) is 2. The predicted octanol–water partition coefficient (Wildman–Crippen LogP) is 4.80. The lowest BCUT2D eigenvalue weighted by atomic mass is 9.46. The maximum atomic E-state index is 12.2. The van der Waals surface area contributed by atoms with Crippen LogP contribution < -0.4 is 0 Å². The van der Waals surface area contributed by atoms with Crippen LogP contribution in [0.3, 0.4) is 0 Å². The van der Waals surface area contributed by atoms with Crippen LogP contribution in [0.2, 0.25) is 0 Å². The normalized spacial score (nSPS) is 51.8. The third kappa shape index (κ3) is 3.00. The van der Waals surface area contributed by atoms with E-state index in [4.69, 9.17) is 4.74 Å². The van der Waals surface area contributed by atoms with Gasteiger partial charge in [0.15, 0.2) is 12.1 Å². The van der Waals surface area contributed by atoms with Gasteiger partial charge in [-0.3, -0.25) is 4.79 Å². The standard InChI is InChI=1S/C27H40O4/c1-16(2)23-8-7-22(24(29)31-23)27(30)14-11-21-19-6-5-17-15-18(28)9-12-25(17,3)20(19)10-13-26(21,27)4/h9,12,15-16,19-24,29-30H,5-8,10-11,13-14H2,1-4H3. The fourth-order valence-electron chi connectivity index (χ4n) is 8.65. The molecule has 0 aromatic carbocycles. The van der Waals surface area contributed by atoms with Gasteiger partial charge in [-0.25, -0.2) is 0 Å². The van der Waals surface area contributed by atoms with E-state index in [1.165, 1.54) is 5.57 Å². The summed E-state index contributed by atoms with van der Waals surface area (Å²) in [7, 11) is 0. The average molecular weight is 429 g/mol. The lowest BCUT2D eigenvalue weighted by Gasteiger charge is -2.59. The highest BCUT2D eigenvalue weighted by Gasteiger charge is 2.66. The summed E-state index contributed by atoms with van der Waals surface area (Å²) < 4.78 is 6.01. The molecule has 4 nitrogen and oxygen atoms in total. The van der Waals surface area contributed by atoms with Crippen molar-refractivity contribution in [2.24, 2.45) is 40.4 Å². The Bertz CT molecular complexity index is 814. The summed E-state index contributed by atoms with van der Waals surface area (Å²) in [6.07, 6.45) is 12.8. The zero-order valence-electron chi connectivity index (χ0n) is 19.6. The first-order valence-electron chi connectivity index (χ1n) is 12.6. The highest BCUT2D eigenvalue weighted by molar-refractivity contribution is 6.01. The van der Waals surface area contributed by atoms with E-state index in [9.17, 15) is 15.0 Å². The lowest BCUT2D eigenvalue weighted by molar-refractivity contribution is -0.265. The average Bonchev–Trinajstić information content (AvgIpc) is 3.00. The first kappa shape index (κ1) is 21.9. The fourth-order valence-corrected chi connectivity index (χ4v) is 8.65. The van der Waals surface area contributed by atoms with Gasteiger partial charge < -0.3 is 14.9 Å². The van der Waals surface area contributed by atoms with E-state index in [-0.39, 0.29) is 28.6 Å². The van der Waals surface area contributed by atoms with E-state index in [1.807, 2.05) is 6.08 Å². The van der Waals surface area contributed by atoms with E-state index in [1.54, 1.807) is 6.08 Å². The van der Waals surface area contributed by atoms with Gasteiger partial charge in [0.25, 0.3) is 0 Å². The Balaban J connectivity index is 1.41. The van der Waals surface area contributed by atoms with E-state index in [0.717, 1.165) is 51.4 Å². The molecule has 5 aliphatic rings. The first-order valence-corrected chi connectivity index (χ1v) is 12.6. The zero-order valence-corrected chi connectivity index (χ0v) is 19.6. The van der Waals surface area contributed by atoms with Gasteiger partial charge in [-0.05, 0) is 92.6 Å². The van der Waals surface area contributed by atoms with Crippen LogP contribution >= 0.6 is 0 Å². The zero-order chi connectivity index (χ0) is 22.2. The molecule has 0 radical (unpaired) electrons. The number of aliphatic hydroxyl groups is 2. The molecule has 0 amide bonds. The van der Waals surface area contributed by atoms with E-state index >= 15 is 0 Å². The van der Waals surface area contributed by atoms with Crippen LogP contribution in [0, 0.1) is 40.4 Å². The van der Waals surface area contributed by atoms with Gasteiger partial charge in [0.2, 0.25) is 0 Å². The molecular formula is C27H40O4. The van der Waals surface area contributed by atoms with Crippen molar-refractivity contribution in [1.29, 1.82) is 0 Å². The Morgan fingerprint density at radius 3 is 2.48 bits per heavy atom. The molecule has 9 atom stereocenters. The molecule has 2 N–H and O–H groups in total. The van der Waals surface area contributed by atoms with Gasteiger partial charge in [-0.1, -0.05) is 39.3 Å². The summed E-state index contributed by atoms with van der Waals surface area (Å²) in [6.45, 7) is 8.91. The summed E-state index contributed by atoms with van der Waals surface area (Å²) >= 11 is 0. The Morgan fingerprint density at radius 2 is 1.77 bits per heavy atom. The summed E-state index contributed by atoms with van der Waals surface area (Å²) in [4.78, 5) is 12.0. The maximum Gasteiger partial charge on any atom is 0.178 e. The highest BCUT2D eigenvalue weighted by atomic mass is 16.6. The van der Waals surface area contributed by atoms with Gasteiger partial charge in [-0.2, -0.15) is 0 Å². The van der Waals surface area contributed by atoms with Crippen LogP contribution in [0.5, 0.6) is 0 Å². The van der Waals surface area contributed by atoms with Gasteiger partial charge in [0, 0.05) is 11.3 Å². The number of carbonyl (C=O) groups is 1. The maximum absolute atomic E-state index is 12.2. The molecule has 0 spiro atoms. The van der Waals surface area contributed by atoms with Crippen LogP contribution in [-0.4, -0.2) is 34.0 Å². The minimum Gasteiger partial charge on any atom is -0.389 e. The minimum absolute atomic E-state index is 0.0171. The van der Waals surface area contributed by atoms with Gasteiger partial charge in [-0.15, -0.1) is 0 Å². The molecule has 1 heterocycles. The molecule has 172 valence electrons. The lowest BCUT2D eigenvalue weighted by Crippen LogP contribution is -2.60. The summed E-state index contributed by atoms with van der Waals surface area (Å²) in [5.74, 6) is 1.89. The number of rotatable bonds is 2. The summed E-state index contributed by atoms with van der Waals surface area (Å²) in [5, 5.41) is 23.1. The number of aliphatic hydroxyl groups excluding tert-OH is 1. The summed E-state index contributed by atoms with van der Waals surface area (Å²) in [5.41, 5.74) is 0.254. The number of carbonyl (C=O) groups excluding carboxylic acids is 1. The first-order chi connectivity index (χ1) is 14.6. The molecule has 5 rings (SSSR count). The topological polar surface area (TPSA) is 66.8 Å². The Kier molecular flexibility index (Phi) is 5.12. The van der Waals surface area contributed by atoms with Gasteiger partial charge >= 0.3 is 0 Å². The van der Waals surface area contributed by atoms with Crippen molar-refractivity contribution in [3.05, 3.63) is 23.8 Å². The Labute approximate surface area is 187 Å². The van der Waals surface area contributed by atoms with Crippen molar-refractivity contribution in [3.8, 4) is 0 Å². The Hall–Kier alpha value is -0.970. The number of fused-ring (bicyclic) bond motifs is 5. The van der Waals surface area contributed by atoms with E-state index in [0.29, 0.717) is 23.7 Å². The molecule has 4 heteroatoms. The molecule has 3 saturated carbocycles. The number of hydrogen-bond acceptors (Lipinski definition) is 4. The number of ether oxygens (including phenoxy) is 1. The molecule has 0 bridgehead atoms.